The minimum Gasteiger partial charge on any atom is -0.465 e. The molecule has 0 N–H and O–H groups in total. The van der Waals surface area contributed by atoms with Crippen LogP contribution in [0, 0.1) is 17.8 Å². The van der Waals surface area contributed by atoms with Gasteiger partial charge in [0.05, 0.1) is 13.2 Å². The van der Waals surface area contributed by atoms with Gasteiger partial charge in [-0.15, -0.1) is 0 Å². The molecule has 0 aromatic carbocycles. The lowest BCUT2D eigenvalue weighted by Crippen LogP contribution is -2.39. The van der Waals surface area contributed by atoms with E-state index in [2.05, 4.69) is 6.92 Å². The lowest BCUT2D eigenvalue weighted by molar-refractivity contribution is -0.165. The first-order valence-electron chi connectivity index (χ1n) is 8.41. The largest absolute Gasteiger partial charge is 0.465 e. The van der Waals surface area contributed by atoms with Crippen LogP contribution in [0.1, 0.15) is 59.3 Å². The molecule has 1 aliphatic rings. The van der Waals surface area contributed by atoms with Crippen LogP contribution in [-0.2, 0) is 23.9 Å². The van der Waals surface area contributed by atoms with Crippen LogP contribution in [0.3, 0.4) is 0 Å². The minimum absolute atomic E-state index is 0.0845. The zero-order valence-corrected chi connectivity index (χ0v) is 13.9. The van der Waals surface area contributed by atoms with Crippen molar-refractivity contribution in [2.45, 2.75) is 59.3 Å². The number of hydrogen-bond donors (Lipinski definition) is 0. The molecule has 5 nitrogen and oxygen atoms in total. The first kappa shape index (κ1) is 18.7. The Morgan fingerprint density at radius 2 is 1.68 bits per heavy atom. The summed E-state index contributed by atoms with van der Waals surface area (Å²) in [6, 6.07) is 0. The number of ketones is 1. The maximum Gasteiger partial charge on any atom is 0.320 e. The predicted molar refractivity (Wildman–Crippen MR) is 82.1 cm³/mol. The Labute approximate surface area is 132 Å². The Hall–Kier alpha value is -1.39. The smallest absolute Gasteiger partial charge is 0.320 e. The van der Waals surface area contributed by atoms with Crippen LogP contribution >= 0.6 is 0 Å². The molecule has 0 saturated heterocycles. The molecule has 2 atom stereocenters. The minimum atomic E-state index is -0.962. The highest BCUT2D eigenvalue weighted by Gasteiger charge is 2.41. The Balaban J connectivity index is 2.73. The standard InChI is InChI=1S/C17H28O5/c1-4-7-8-12-9-10-13(11-14(12)18)15(16(19)21-5-2)17(20)22-6-3/h12-13,15H,4-11H2,1-3H3/t12-,13-/m0/s1. The van der Waals surface area contributed by atoms with Crippen molar-refractivity contribution in [2.75, 3.05) is 13.2 Å². The number of carbonyl (C=O) groups is 3. The van der Waals surface area contributed by atoms with Crippen molar-refractivity contribution in [1.29, 1.82) is 0 Å². The Bertz CT molecular complexity index is 373. The molecule has 0 bridgehead atoms. The Kier molecular flexibility index (Phi) is 8.13. The molecule has 0 radical (unpaired) electrons. The molecule has 1 aliphatic carbocycles. The van der Waals surface area contributed by atoms with Gasteiger partial charge in [-0.1, -0.05) is 19.8 Å². The highest BCUT2D eigenvalue weighted by atomic mass is 16.6. The molecular weight excluding hydrogens is 284 g/mol. The molecular formula is C17H28O5. The summed E-state index contributed by atoms with van der Waals surface area (Å²) in [7, 11) is 0. The Morgan fingerprint density at radius 3 is 2.14 bits per heavy atom. The number of ether oxygens (including phenoxy) is 2. The zero-order chi connectivity index (χ0) is 16.5. The van der Waals surface area contributed by atoms with Gasteiger partial charge in [0.2, 0.25) is 0 Å². The molecule has 22 heavy (non-hydrogen) atoms. The van der Waals surface area contributed by atoms with Gasteiger partial charge in [-0.05, 0) is 39.0 Å². The molecule has 0 spiro atoms. The van der Waals surface area contributed by atoms with Crippen molar-refractivity contribution >= 4 is 17.7 Å². The molecule has 126 valence electrons. The van der Waals surface area contributed by atoms with Gasteiger partial charge in [-0.3, -0.25) is 14.4 Å². The fourth-order valence-electron chi connectivity index (χ4n) is 3.09. The van der Waals surface area contributed by atoms with Crippen LogP contribution in [0.4, 0.5) is 0 Å². The fourth-order valence-corrected chi connectivity index (χ4v) is 3.09. The van der Waals surface area contributed by atoms with Gasteiger partial charge in [0, 0.05) is 12.3 Å². The van der Waals surface area contributed by atoms with E-state index in [9.17, 15) is 14.4 Å². The van der Waals surface area contributed by atoms with E-state index in [1.807, 2.05) is 0 Å². The van der Waals surface area contributed by atoms with Gasteiger partial charge in [-0.25, -0.2) is 0 Å². The monoisotopic (exact) mass is 312 g/mol. The van der Waals surface area contributed by atoms with E-state index in [0.29, 0.717) is 6.42 Å². The molecule has 0 unspecified atom stereocenters. The number of carbonyl (C=O) groups excluding carboxylic acids is 3. The van der Waals surface area contributed by atoms with Crippen LogP contribution in [0.2, 0.25) is 0 Å². The maximum absolute atomic E-state index is 12.3. The summed E-state index contributed by atoms with van der Waals surface area (Å²) >= 11 is 0. The summed E-state index contributed by atoms with van der Waals surface area (Å²) in [4.78, 5) is 36.4. The highest BCUT2D eigenvalue weighted by Crippen LogP contribution is 2.34. The summed E-state index contributed by atoms with van der Waals surface area (Å²) in [6.07, 6.45) is 4.74. The maximum atomic E-state index is 12.3. The molecule has 0 aromatic rings. The molecule has 5 heteroatoms. The summed E-state index contributed by atoms with van der Waals surface area (Å²) in [5.41, 5.74) is 0. The van der Waals surface area contributed by atoms with Gasteiger partial charge in [0.1, 0.15) is 5.78 Å². The third-order valence-electron chi connectivity index (χ3n) is 4.26. The molecule has 1 rings (SSSR count). The lowest BCUT2D eigenvalue weighted by atomic mass is 9.73. The SMILES string of the molecule is CCCC[C@H]1CC[C@H](C(C(=O)OCC)C(=O)OCC)CC1=O. The highest BCUT2D eigenvalue weighted by molar-refractivity contribution is 5.96. The molecule has 0 amide bonds. The molecule has 0 aromatic heterocycles. The third-order valence-corrected chi connectivity index (χ3v) is 4.26. The topological polar surface area (TPSA) is 69.7 Å². The average molecular weight is 312 g/mol. The fraction of sp³-hybridized carbons (Fsp3) is 0.824. The number of esters is 2. The second-order valence-electron chi connectivity index (χ2n) is 5.83. The first-order valence-corrected chi connectivity index (χ1v) is 8.41. The summed E-state index contributed by atoms with van der Waals surface area (Å²) in [6.45, 7) is 5.94. The van der Waals surface area contributed by atoms with Gasteiger partial charge in [-0.2, -0.15) is 0 Å². The quantitative estimate of drug-likeness (QED) is 0.509. The summed E-state index contributed by atoms with van der Waals surface area (Å²) in [5.74, 6) is -2.12. The predicted octanol–water partition coefficient (Wildman–Crippen LogP) is 2.90. The third kappa shape index (κ3) is 5.11. The van der Waals surface area contributed by atoms with E-state index < -0.39 is 17.9 Å². The molecule has 1 saturated carbocycles. The number of rotatable bonds is 8. The molecule has 0 aliphatic heterocycles. The van der Waals surface area contributed by atoms with E-state index in [1.165, 1.54) is 0 Å². The summed E-state index contributed by atoms with van der Waals surface area (Å²) < 4.78 is 10.0. The summed E-state index contributed by atoms with van der Waals surface area (Å²) in [5, 5.41) is 0. The number of Topliss-reactive ketones (excluding diaryl/α,β-unsaturated/α-hetero) is 1. The van der Waals surface area contributed by atoms with Crippen molar-refractivity contribution in [2.24, 2.45) is 17.8 Å². The molecule has 1 fully saturated rings. The van der Waals surface area contributed by atoms with Crippen LogP contribution in [0.15, 0.2) is 0 Å². The van der Waals surface area contributed by atoms with E-state index in [4.69, 9.17) is 9.47 Å². The van der Waals surface area contributed by atoms with Gasteiger partial charge in [0.15, 0.2) is 5.92 Å². The van der Waals surface area contributed by atoms with Crippen molar-refractivity contribution in [3.05, 3.63) is 0 Å². The van der Waals surface area contributed by atoms with Crippen molar-refractivity contribution in [3.63, 3.8) is 0 Å². The van der Waals surface area contributed by atoms with Crippen LogP contribution in [-0.4, -0.2) is 30.9 Å². The van der Waals surface area contributed by atoms with Gasteiger partial charge < -0.3 is 9.47 Å². The normalized spacial score (nSPS) is 21.7. The van der Waals surface area contributed by atoms with Gasteiger partial charge >= 0.3 is 11.9 Å². The lowest BCUT2D eigenvalue weighted by Gasteiger charge is -2.30. The van der Waals surface area contributed by atoms with E-state index in [1.54, 1.807) is 13.8 Å². The van der Waals surface area contributed by atoms with Crippen LogP contribution in [0.25, 0.3) is 0 Å². The first-order chi connectivity index (χ1) is 10.5. The average Bonchev–Trinajstić information content (AvgIpc) is 2.47. The number of hydrogen-bond acceptors (Lipinski definition) is 5. The second-order valence-corrected chi connectivity index (χ2v) is 5.83. The van der Waals surface area contributed by atoms with Crippen LogP contribution < -0.4 is 0 Å². The van der Waals surface area contributed by atoms with E-state index in [0.717, 1.165) is 25.7 Å². The second kappa shape index (κ2) is 9.59. The number of unbranched alkanes of at least 4 members (excludes halogenated alkanes) is 1. The van der Waals surface area contributed by atoms with E-state index >= 15 is 0 Å². The van der Waals surface area contributed by atoms with Crippen molar-refractivity contribution in [3.8, 4) is 0 Å². The van der Waals surface area contributed by atoms with Crippen LogP contribution in [0.5, 0.6) is 0 Å². The van der Waals surface area contributed by atoms with E-state index in [-0.39, 0.29) is 37.3 Å². The van der Waals surface area contributed by atoms with Gasteiger partial charge in [0.25, 0.3) is 0 Å². The zero-order valence-electron chi connectivity index (χ0n) is 13.9. The van der Waals surface area contributed by atoms with Crippen molar-refractivity contribution < 1.29 is 23.9 Å². The van der Waals surface area contributed by atoms with Crippen molar-refractivity contribution in [1.82, 2.24) is 0 Å². The Morgan fingerprint density at radius 1 is 1.09 bits per heavy atom. The molecule has 0 heterocycles.